The van der Waals surface area contributed by atoms with Gasteiger partial charge in [0.05, 0.1) is 11.9 Å². The van der Waals surface area contributed by atoms with Crippen LogP contribution in [0.4, 0.5) is 5.69 Å². The molecule has 2 aromatic rings. The summed E-state index contributed by atoms with van der Waals surface area (Å²) in [5.74, 6) is 0.355. The summed E-state index contributed by atoms with van der Waals surface area (Å²) in [6.07, 6.45) is 4.36. The number of nitrogens with one attached hydrogen (secondary N) is 1. The van der Waals surface area contributed by atoms with Crippen LogP contribution in [0.1, 0.15) is 29.3 Å². The van der Waals surface area contributed by atoms with Gasteiger partial charge in [0.25, 0.3) is 0 Å². The molecule has 102 valence electrons. The zero-order valence-corrected chi connectivity index (χ0v) is 11.6. The minimum absolute atomic E-state index is 0.0338. The number of nitrogens with zero attached hydrogens (tertiary/aromatic N) is 2. The van der Waals surface area contributed by atoms with E-state index in [1.807, 2.05) is 38.1 Å². The van der Waals surface area contributed by atoms with E-state index in [9.17, 15) is 4.79 Å². The second-order valence-electron chi connectivity index (χ2n) is 5.32. The molecule has 0 unspecified atom stereocenters. The van der Waals surface area contributed by atoms with Crippen LogP contribution in [0.2, 0.25) is 0 Å². The lowest BCUT2D eigenvalue weighted by atomic mass is 10.2. The van der Waals surface area contributed by atoms with Crippen LogP contribution in [-0.4, -0.2) is 15.9 Å². The third kappa shape index (κ3) is 2.54. The summed E-state index contributed by atoms with van der Waals surface area (Å²) in [4.78, 5) is 20.8. The number of rotatable bonds is 3. The maximum atomic E-state index is 12.2. The van der Waals surface area contributed by atoms with E-state index in [-0.39, 0.29) is 17.7 Å². The minimum atomic E-state index is 0.0338. The smallest absolute Gasteiger partial charge is 0.228 e. The van der Waals surface area contributed by atoms with E-state index in [0.29, 0.717) is 0 Å². The Kier molecular flexibility index (Phi) is 3.22. The third-order valence-electron chi connectivity index (χ3n) is 3.80. The summed E-state index contributed by atoms with van der Waals surface area (Å²) in [6, 6.07) is 7.79. The summed E-state index contributed by atoms with van der Waals surface area (Å²) in [5, 5.41) is 2.94. The maximum absolute atomic E-state index is 12.2. The first-order chi connectivity index (χ1) is 9.65. The van der Waals surface area contributed by atoms with Gasteiger partial charge in [-0.25, -0.2) is 0 Å². The zero-order chi connectivity index (χ0) is 14.1. The van der Waals surface area contributed by atoms with Gasteiger partial charge in [-0.15, -0.1) is 0 Å². The average Bonchev–Trinajstić information content (AvgIpc) is 3.24. The molecule has 1 saturated carbocycles. The summed E-state index contributed by atoms with van der Waals surface area (Å²) < 4.78 is 0. The number of anilines is 1. The number of aryl methyl sites for hydroxylation is 2. The Bertz CT molecular complexity index is 639. The van der Waals surface area contributed by atoms with Gasteiger partial charge in [0.1, 0.15) is 0 Å². The van der Waals surface area contributed by atoms with Crippen molar-refractivity contribution in [3.63, 3.8) is 0 Å². The lowest BCUT2D eigenvalue weighted by Gasteiger charge is -2.06. The van der Waals surface area contributed by atoms with Crippen molar-refractivity contribution in [2.24, 2.45) is 5.92 Å². The molecule has 1 N–H and O–H groups in total. The lowest BCUT2D eigenvalue weighted by molar-refractivity contribution is -0.117. The van der Waals surface area contributed by atoms with Gasteiger partial charge in [0.15, 0.2) is 0 Å². The van der Waals surface area contributed by atoms with Gasteiger partial charge in [0, 0.05) is 29.4 Å². The fraction of sp³-hybridized carbons (Fsp3) is 0.312. The molecule has 0 spiro atoms. The molecule has 0 bridgehead atoms. The largest absolute Gasteiger partial charge is 0.324 e. The molecule has 0 radical (unpaired) electrons. The molecule has 1 aliphatic carbocycles. The number of pyridine rings is 2. The molecular weight excluding hydrogens is 250 g/mol. The molecule has 3 rings (SSSR count). The predicted molar refractivity (Wildman–Crippen MR) is 77.4 cm³/mol. The Labute approximate surface area is 118 Å². The molecule has 1 amide bonds. The van der Waals surface area contributed by atoms with Gasteiger partial charge in [-0.1, -0.05) is 6.07 Å². The van der Waals surface area contributed by atoms with Crippen LogP contribution < -0.4 is 5.32 Å². The summed E-state index contributed by atoms with van der Waals surface area (Å²) in [7, 11) is 0. The highest BCUT2D eigenvalue weighted by atomic mass is 16.2. The van der Waals surface area contributed by atoms with Crippen LogP contribution in [0.15, 0.2) is 36.7 Å². The molecule has 0 aliphatic heterocycles. The first kappa shape index (κ1) is 12.8. The number of hydrogen-bond acceptors (Lipinski definition) is 3. The fourth-order valence-corrected chi connectivity index (χ4v) is 2.35. The molecule has 20 heavy (non-hydrogen) atoms. The maximum Gasteiger partial charge on any atom is 0.228 e. The second-order valence-corrected chi connectivity index (χ2v) is 5.32. The van der Waals surface area contributed by atoms with Gasteiger partial charge in [0.2, 0.25) is 5.91 Å². The molecule has 1 aliphatic rings. The van der Waals surface area contributed by atoms with E-state index in [1.165, 1.54) is 0 Å². The Hall–Kier alpha value is -2.23. The number of aromatic nitrogens is 2. The van der Waals surface area contributed by atoms with Crippen molar-refractivity contribution in [1.82, 2.24) is 9.97 Å². The van der Waals surface area contributed by atoms with Crippen molar-refractivity contribution in [1.29, 1.82) is 0 Å². The van der Waals surface area contributed by atoms with E-state index in [0.717, 1.165) is 29.1 Å². The van der Waals surface area contributed by atoms with Crippen LogP contribution in [0.25, 0.3) is 0 Å². The number of amides is 1. The molecule has 2 aromatic heterocycles. The van der Waals surface area contributed by atoms with Gasteiger partial charge >= 0.3 is 0 Å². The van der Waals surface area contributed by atoms with Crippen molar-refractivity contribution in [2.75, 3.05) is 5.32 Å². The monoisotopic (exact) mass is 267 g/mol. The van der Waals surface area contributed by atoms with E-state index in [2.05, 4.69) is 15.3 Å². The van der Waals surface area contributed by atoms with Crippen LogP contribution in [0, 0.1) is 19.8 Å². The van der Waals surface area contributed by atoms with Crippen molar-refractivity contribution in [2.45, 2.75) is 26.2 Å². The van der Waals surface area contributed by atoms with Crippen LogP contribution in [0.5, 0.6) is 0 Å². The fourth-order valence-electron chi connectivity index (χ4n) is 2.35. The lowest BCUT2D eigenvalue weighted by Crippen LogP contribution is -2.15. The van der Waals surface area contributed by atoms with E-state index < -0.39 is 0 Å². The first-order valence-corrected chi connectivity index (χ1v) is 6.80. The third-order valence-corrected chi connectivity index (χ3v) is 3.80. The van der Waals surface area contributed by atoms with Crippen molar-refractivity contribution < 1.29 is 4.79 Å². The molecule has 2 atom stereocenters. The Morgan fingerprint density at radius 1 is 1.30 bits per heavy atom. The van der Waals surface area contributed by atoms with E-state index in [1.54, 1.807) is 12.4 Å². The molecular formula is C16H17N3O. The first-order valence-electron chi connectivity index (χ1n) is 6.80. The molecule has 1 fully saturated rings. The number of hydrogen-bond donors (Lipinski definition) is 1. The zero-order valence-electron chi connectivity index (χ0n) is 11.6. The highest BCUT2D eigenvalue weighted by molar-refractivity contribution is 5.95. The van der Waals surface area contributed by atoms with E-state index >= 15 is 0 Å². The second kappa shape index (κ2) is 5.04. The van der Waals surface area contributed by atoms with Crippen LogP contribution in [0.3, 0.4) is 0 Å². The summed E-state index contributed by atoms with van der Waals surface area (Å²) in [5.41, 5.74) is 3.84. The molecule has 0 saturated heterocycles. The standard InChI is InChI=1S/C16H17N3O/c1-10-7-12(9-18-11(10)2)19-16(20)14-8-13(14)15-5-3-4-6-17-15/h3-7,9,13-14H,8H2,1-2H3,(H,19,20)/t13-,14-/m1/s1. The van der Waals surface area contributed by atoms with Gasteiger partial charge in [-0.05, 0) is 44.0 Å². The van der Waals surface area contributed by atoms with Gasteiger partial charge < -0.3 is 5.32 Å². The number of carbonyl (C=O) groups excluding carboxylic acids is 1. The SMILES string of the molecule is Cc1cc(NC(=O)[C@@H]2C[C@H]2c2ccccn2)cnc1C. The quantitative estimate of drug-likeness (QED) is 0.930. The van der Waals surface area contributed by atoms with Crippen LogP contribution in [-0.2, 0) is 4.79 Å². The topological polar surface area (TPSA) is 54.9 Å². The summed E-state index contributed by atoms with van der Waals surface area (Å²) >= 11 is 0. The van der Waals surface area contributed by atoms with Crippen molar-refractivity contribution in [3.05, 3.63) is 53.6 Å². The van der Waals surface area contributed by atoms with E-state index in [4.69, 9.17) is 0 Å². The molecule has 2 heterocycles. The van der Waals surface area contributed by atoms with Gasteiger partial charge in [-0.3, -0.25) is 14.8 Å². The van der Waals surface area contributed by atoms with Crippen LogP contribution >= 0.6 is 0 Å². The van der Waals surface area contributed by atoms with Crippen molar-refractivity contribution >= 4 is 11.6 Å². The summed E-state index contributed by atoms with van der Waals surface area (Å²) in [6.45, 7) is 3.95. The minimum Gasteiger partial charge on any atom is -0.324 e. The highest BCUT2D eigenvalue weighted by Crippen LogP contribution is 2.47. The highest BCUT2D eigenvalue weighted by Gasteiger charge is 2.44. The van der Waals surface area contributed by atoms with Crippen molar-refractivity contribution in [3.8, 4) is 0 Å². The predicted octanol–water partition coefficient (Wildman–Crippen LogP) is 2.84. The number of carbonyl (C=O) groups is 1. The normalized spacial score (nSPS) is 20.5. The Morgan fingerprint density at radius 2 is 2.15 bits per heavy atom. The molecule has 4 heteroatoms. The molecule has 4 nitrogen and oxygen atoms in total. The Morgan fingerprint density at radius 3 is 2.85 bits per heavy atom. The van der Waals surface area contributed by atoms with Gasteiger partial charge in [-0.2, -0.15) is 0 Å². The average molecular weight is 267 g/mol. The molecule has 0 aromatic carbocycles. The Balaban J connectivity index is 1.65.